The molecular weight excluding hydrogens is 594 g/mol. The Kier molecular flexibility index (Phi) is 54.2. The molecule has 3 N–H and O–H groups in total. The van der Waals surface area contributed by atoms with Gasteiger partial charge in [0.25, 0.3) is 0 Å². The third-order valence-electron chi connectivity index (χ3n) is 5.02. The first-order valence-electron chi connectivity index (χ1n) is 14.7. The molecule has 0 aromatic heterocycles. The summed E-state index contributed by atoms with van der Waals surface area (Å²) in [6, 6.07) is 0. The molecule has 0 fully saturated rings. The Morgan fingerprint density at radius 3 is 1.07 bits per heavy atom. The maximum absolute atomic E-state index is 10.5. The Morgan fingerprint density at radius 1 is 0.674 bits per heavy atom. The number of sulfonamides is 2. The molecular formula is C28H73N7O6S2. The molecule has 0 radical (unpaired) electrons. The van der Waals surface area contributed by atoms with Crippen LogP contribution in [0.1, 0.15) is 68.2 Å². The predicted octanol–water partition coefficient (Wildman–Crippen LogP) is 1.83. The van der Waals surface area contributed by atoms with Gasteiger partial charge >= 0.3 is 0 Å². The van der Waals surface area contributed by atoms with E-state index in [0.717, 1.165) is 25.9 Å². The van der Waals surface area contributed by atoms with Crippen LogP contribution in [0.5, 0.6) is 0 Å². The van der Waals surface area contributed by atoms with Crippen molar-refractivity contribution < 1.29 is 26.4 Å². The van der Waals surface area contributed by atoms with Crippen molar-refractivity contribution in [3.05, 3.63) is 0 Å². The van der Waals surface area contributed by atoms with Crippen molar-refractivity contribution in [1.29, 1.82) is 0 Å². The van der Waals surface area contributed by atoms with Crippen LogP contribution in [0, 0.1) is 0 Å². The van der Waals surface area contributed by atoms with Crippen LogP contribution < -0.4 is 15.4 Å². The Labute approximate surface area is 268 Å². The highest BCUT2D eigenvalue weighted by Crippen LogP contribution is 1.88. The number of amides is 2. The van der Waals surface area contributed by atoms with Crippen molar-refractivity contribution >= 4 is 31.9 Å². The number of rotatable bonds is 10. The minimum Gasteiger partial charge on any atom is -0.359 e. The van der Waals surface area contributed by atoms with Gasteiger partial charge in [0.05, 0.1) is 12.5 Å². The van der Waals surface area contributed by atoms with Gasteiger partial charge in [0, 0.05) is 48.1 Å². The van der Waals surface area contributed by atoms with E-state index in [9.17, 15) is 26.4 Å². The summed E-state index contributed by atoms with van der Waals surface area (Å²) in [5.74, 6) is 0.132. The largest absolute Gasteiger partial charge is 0.359 e. The highest BCUT2D eigenvalue weighted by atomic mass is 32.2. The normalized spacial score (nSPS) is 9.88. The second kappa shape index (κ2) is 40.6. The Balaban J connectivity index is -0.0000000709. The van der Waals surface area contributed by atoms with Crippen LogP contribution in [0.15, 0.2) is 0 Å². The van der Waals surface area contributed by atoms with Crippen molar-refractivity contribution in [3.63, 3.8) is 0 Å². The minimum absolute atomic E-state index is 0.00463. The molecule has 0 aromatic carbocycles. The molecule has 0 bridgehead atoms. The molecule has 0 spiro atoms. The first-order chi connectivity index (χ1) is 19.5. The molecule has 0 aromatic rings. The molecule has 15 heteroatoms. The van der Waals surface area contributed by atoms with Gasteiger partial charge in [-0.15, -0.1) is 0 Å². The summed E-state index contributed by atoms with van der Waals surface area (Å²) in [5, 5.41) is 5.41. The summed E-state index contributed by atoms with van der Waals surface area (Å²) in [5.41, 5.74) is 0. The quantitative estimate of drug-likeness (QED) is 0.317. The maximum Gasteiger partial charge on any atom is 0.219 e. The Morgan fingerprint density at radius 2 is 1.05 bits per heavy atom. The second-order valence-corrected chi connectivity index (χ2v) is 13.4. The lowest BCUT2D eigenvalue weighted by molar-refractivity contribution is -0.127. The van der Waals surface area contributed by atoms with Crippen LogP contribution >= 0.6 is 0 Å². The van der Waals surface area contributed by atoms with Crippen LogP contribution in [-0.4, -0.2) is 156 Å². The average Bonchev–Trinajstić information content (AvgIpc) is 2.93. The summed E-state index contributed by atoms with van der Waals surface area (Å²) in [6.07, 6.45) is 4.80. The highest BCUT2D eigenvalue weighted by molar-refractivity contribution is 7.88. The van der Waals surface area contributed by atoms with E-state index in [2.05, 4.69) is 74.0 Å². The van der Waals surface area contributed by atoms with E-state index in [4.69, 9.17) is 0 Å². The zero-order chi connectivity index (χ0) is 36.2. The van der Waals surface area contributed by atoms with Gasteiger partial charge in [-0.1, -0.05) is 34.6 Å². The summed E-state index contributed by atoms with van der Waals surface area (Å²) in [4.78, 5) is 26.1. The summed E-state index contributed by atoms with van der Waals surface area (Å²) >= 11 is 0. The zero-order valence-electron chi connectivity index (χ0n) is 31.2. The molecule has 0 unspecified atom stereocenters. The molecule has 0 saturated heterocycles. The second-order valence-electron chi connectivity index (χ2n) is 9.39. The van der Waals surface area contributed by atoms with Crippen molar-refractivity contribution in [3.8, 4) is 0 Å². The summed E-state index contributed by atoms with van der Waals surface area (Å²) in [7, 11) is 8.68. The molecule has 0 aliphatic carbocycles. The summed E-state index contributed by atoms with van der Waals surface area (Å²) < 4.78 is 44.1. The van der Waals surface area contributed by atoms with Gasteiger partial charge in [-0.05, 0) is 81.2 Å². The van der Waals surface area contributed by atoms with Gasteiger partial charge in [-0.25, -0.2) is 25.9 Å². The Bertz CT molecular complexity index is 780. The molecule has 0 aliphatic heterocycles. The third-order valence-corrected chi connectivity index (χ3v) is 7.16. The Hall–Kier alpha value is -1.36. The van der Waals surface area contributed by atoms with Crippen molar-refractivity contribution in [1.82, 2.24) is 34.4 Å². The average molecular weight is 668 g/mol. The lowest BCUT2D eigenvalue weighted by Gasteiger charge is -2.10. The molecule has 0 atom stereocenters. The SMILES string of the molecule is CCCN(C)CC.CCCNC.CCN(C)C.CCN(C)C(C)=O.CCN(C)S(C)(=O)=O.CNC(C)=O.CNS(C)(=O)=O. The lowest BCUT2D eigenvalue weighted by atomic mass is 10.4. The monoisotopic (exact) mass is 668 g/mol. The van der Waals surface area contributed by atoms with E-state index in [0.29, 0.717) is 6.54 Å². The molecule has 0 aliphatic rings. The molecule has 0 saturated carbocycles. The fraction of sp³-hybridized carbons (Fsp3) is 0.929. The number of hydrogen-bond acceptors (Lipinski definition) is 9. The molecule has 268 valence electrons. The van der Waals surface area contributed by atoms with Gasteiger partial charge < -0.3 is 25.3 Å². The number of nitrogens with one attached hydrogen (secondary N) is 3. The van der Waals surface area contributed by atoms with Gasteiger partial charge in [-0.3, -0.25) is 9.59 Å². The van der Waals surface area contributed by atoms with Crippen molar-refractivity contribution in [2.75, 3.05) is 108 Å². The van der Waals surface area contributed by atoms with Crippen LogP contribution in [-0.2, 0) is 29.6 Å². The molecule has 2 amide bonds. The predicted molar refractivity (Wildman–Crippen MR) is 188 cm³/mol. The van der Waals surface area contributed by atoms with E-state index in [-0.39, 0.29) is 11.8 Å². The van der Waals surface area contributed by atoms with Crippen LogP contribution in [0.25, 0.3) is 0 Å². The fourth-order valence-electron chi connectivity index (χ4n) is 1.25. The van der Waals surface area contributed by atoms with Gasteiger partial charge in [0.1, 0.15) is 0 Å². The van der Waals surface area contributed by atoms with E-state index in [1.807, 2.05) is 14.0 Å². The minimum atomic E-state index is -2.92. The number of hydrogen-bond donors (Lipinski definition) is 3. The molecule has 0 heterocycles. The van der Waals surface area contributed by atoms with Gasteiger partial charge in [0.15, 0.2) is 0 Å². The van der Waals surface area contributed by atoms with Gasteiger partial charge in [0.2, 0.25) is 31.9 Å². The lowest BCUT2D eigenvalue weighted by Crippen LogP contribution is -2.24. The van der Waals surface area contributed by atoms with E-state index >= 15 is 0 Å². The van der Waals surface area contributed by atoms with Crippen LogP contribution in [0.2, 0.25) is 0 Å². The highest BCUT2D eigenvalue weighted by Gasteiger charge is 2.05. The smallest absolute Gasteiger partial charge is 0.219 e. The topological polar surface area (TPSA) is 151 Å². The summed E-state index contributed by atoms with van der Waals surface area (Å²) in [6.45, 7) is 21.4. The van der Waals surface area contributed by atoms with E-state index in [1.165, 1.54) is 50.5 Å². The maximum atomic E-state index is 10.5. The van der Waals surface area contributed by atoms with E-state index < -0.39 is 20.0 Å². The molecule has 0 rings (SSSR count). The van der Waals surface area contributed by atoms with Crippen LogP contribution in [0.4, 0.5) is 0 Å². The van der Waals surface area contributed by atoms with Crippen LogP contribution in [0.3, 0.4) is 0 Å². The zero-order valence-corrected chi connectivity index (χ0v) is 32.8. The number of nitrogens with zero attached hydrogens (tertiary/aromatic N) is 4. The van der Waals surface area contributed by atoms with Crippen molar-refractivity contribution in [2.24, 2.45) is 0 Å². The first kappa shape index (κ1) is 57.3. The first-order valence-corrected chi connectivity index (χ1v) is 18.4. The van der Waals surface area contributed by atoms with Crippen molar-refractivity contribution in [2.45, 2.75) is 68.2 Å². The number of carbonyl (C=O) groups is 2. The fourth-order valence-corrected chi connectivity index (χ4v) is 1.72. The van der Waals surface area contributed by atoms with E-state index in [1.54, 1.807) is 39.9 Å². The number of carbonyl (C=O) groups excluding carboxylic acids is 2. The third kappa shape index (κ3) is 85.5. The van der Waals surface area contributed by atoms with Gasteiger partial charge in [-0.2, -0.15) is 0 Å². The molecule has 43 heavy (non-hydrogen) atoms. The molecule has 13 nitrogen and oxygen atoms in total. The standard InChI is InChI=1S/C6H15N.C5H11NO.C4H11NO2S.2C4H11N.C3H7NO.C2H7NO2S/c1-4-6-7(3)5-2;1-4-6(3)5(2)7;1-4-5(2)8(3,6)7;1-4-5(2)3;1-3-4-5-2;1-3(5)4-2;1-3-6(2,4)5/h4-6H2,1-3H3;4H2,1-3H3;4H2,1-3H3;4H2,1-3H3;5H,3-4H2,1-2H3;1-2H3,(H,4,5);3H,1-2H3.